The minimum Gasteiger partial charge on any atom is -0.342 e. The maximum Gasteiger partial charge on any atom is 0.319 e. The van der Waals surface area contributed by atoms with Gasteiger partial charge in [-0.3, -0.25) is 9.59 Å². The first kappa shape index (κ1) is 19.5. The van der Waals surface area contributed by atoms with Crippen LogP contribution in [0.3, 0.4) is 0 Å². The van der Waals surface area contributed by atoms with Gasteiger partial charge in [-0.05, 0) is 43.2 Å². The van der Waals surface area contributed by atoms with Gasteiger partial charge in [-0.2, -0.15) is 0 Å². The SMILES string of the molecule is CSc1cccc(NC(=O)N[C@H]2CCN3C(=O)[C@@H](C(C)C)NC(=O)[C@@H]3C2)c1. The summed E-state index contributed by atoms with van der Waals surface area (Å²) in [6.07, 6.45) is 3.05. The molecule has 3 rings (SSSR count). The van der Waals surface area contributed by atoms with Gasteiger partial charge in [-0.1, -0.05) is 19.9 Å². The zero-order valence-electron chi connectivity index (χ0n) is 15.8. The summed E-state index contributed by atoms with van der Waals surface area (Å²) in [6.45, 7) is 4.33. The lowest BCUT2D eigenvalue weighted by Crippen LogP contribution is -2.67. The quantitative estimate of drug-likeness (QED) is 0.686. The zero-order valence-corrected chi connectivity index (χ0v) is 16.6. The van der Waals surface area contributed by atoms with E-state index in [9.17, 15) is 14.4 Å². The van der Waals surface area contributed by atoms with E-state index in [1.54, 1.807) is 16.7 Å². The van der Waals surface area contributed by atoms with Gasteiger partial charge in [0.25, 0.3) is 0 Å². The van der Waals surface area contributed by atoms with E-state index >= 15 is 0 Å². The van der Waals surface area contributed by atoms with Crippen LogP contribution in [0.4, 0.5) is 10.5 Å². The summed E-state index contributed by atoms with van der Waals surface area (Å²) in [4.78, 5) is 40.1. The molecule has 0 radical (unpaired) electrons. The number of piperidine rings is 1. The average molecular weight is 391 g/mol. The molecule has 0 unspecified atom stereocenters. The van der Waals surface area contributed by atoms with Crippen LogP contribution in [0.1, 0.15) is 26.7 Å². The fourth-order valence-corrected chi connectivity index (χ4v) is 4.06. The number of anilines is 1. The van der Waals surface area contributed by atoms with Crippen molar-refractivity contribution < 1.29 is 14.4 Å². The van der Waals surface area contributed by atoms with E-state index in [-0.39, 0.29) is 29.8 Å². The molecule has 3 atom stereocenters. The van der Waals surface area contributed by atoms with Gasteiger partial charge in [0.15, 0.2) is 0 Å². The Hall–Kier alpha value is -2.22. The minimum absolute atomic E-state index is 0.0219. The van der Waals surface area contributed by atoms with Crippen LogP contribution in [-0.4, -0.2) is 53.7 Å². The molecule has 7 nitrogen and oxygen atoms in total. The van der Waals surface area contributed by atoms with Crippen LogP contribution >= 0.6 is 11.8 Å². The van der Waals surface area contributed by atoms with Crippen molar-refractivity contribution in [1.29, 1.82) is 0 Å². The van der Waals surface area contributed by atoms with Gasteiger partial charge in [-0.15, -0.1) is 11.8 Å². The Morgan fingerprint density at radius 2 is 2.11 bits per heavy atom. The molecule has 2 fully saturated rings. The summed E-state index contributed by atoms with van der Waals surface area (Å²) in [5, 5.41) is 8.60. The molecule has 3 N–H and O–H groups in total. The predicted octanol–water partition coefficient (Wildman–Crippen LogP) is 2.04. The van der Waals surface area contributed by atoms with Crippen LogP contribution in [0.25, 0.3) is 0 Å². The maximum atomic E-state index is 12.6. The molecule has 1 aromatic carbocycles. The number of hydrogen-bond acceptors (Lipinski definition) is 4. The van der Waals surface area contributed by atoms with Crippen molar-refractivity contribution in [3.05, 3.63) is 24.3 Å². The second-order valence-corrected chi connectivity index (χ2v) is 8.21. The fourth-order valence-electron chi connectivity index (χ4n) is 3.60. The molecule has 2 heterocycles. The number of rotatable bonds is 4. The topological polar surface area (TPSA) is 90.5 Å². The number of amides is 4. The van der Waals surface area contributed by atoms with Crippen molar-refractivity contribution >= 4 is 35.3 Å². The van der Waals surface area contributed by atoms with Gasteiger partial charge in [0.2, 0.25) is 11.8 Å². The Morgan fingerprint density at radius 1 is 1.33 bits per heavy atom. The number of thioether (sulfide) groups is 1. The number of nitrogens with zero attached hydrogens (tertiary/aromatic N) is 1. The zero-order chi connectivity index (χ0) is 19.6. The van der Waals surface area contributed by atoms with Crippen molar-refractivity contribution in [2.24, 2.45) is 5.92 Å². The van der Waals surface area contributed by atoms with Crippen LogP contribution in [0.15, 0.2) is 29.2 Å². The highest BCUT2D eigenvalue weighted by Crippen LogP contribution is 2.24. The van der Waals surface area contributed by atoms with Crippen LogP contribution in [0, 0.1) is 5.92 Å². The molecule has 0 spiro atoms. The van der Waals surface area contributed by atoms with Crippen molar-refractivity contribution in [1.82, 2.24) is 15.5 Å². The highest BCUT2D eigenvalue weighted by atomic mass is 32.2. The number of benzene rings is 1. The summed E-state index contributed by atoms with van der Waals surface area (Å²) in [6, 6.07) is 6.21. The highest BCUT2D eigenvalue weighted by molar-refractivity contribution is 7.98. The van der Waals surface area contributed by atoms with Crippen LogP contribution in [-0.2, 0) is 9.59 Å². The fraction of sp³-hybridized carbons (Fsp3) is 0.526. The van der Waals surface area contributed by atoms with Crippen LogP contribution < -0.4 is 16.0 Å². The molecule has 0 saturated carbocycles. The second kappa shape index (κ2) is 8.21. The average Bonchev–Trinajstić information content (AvgIpc) is 2.64. The Morgan fingerprint density at radius 3 is 2.81 bits per heavy atom. The van der Waals surface area contributed by atoms with E-state index in [0.29, 0.717) is 19.4 Å². The van der Waals surface area contributed by atoms with Gasteiger partial charge in [0, 0.05) is 23.2 Å². The van der Waals surface area contributed by atoms with E-state index in [4.69, 9.17) is 0 Å². The number of carbonyl (C=O) groups is 3. The Kier molecular flexibility index (Phi) is 5.94. The third-order valence-electron chi connectivity index (χ3n) is 5.08. The Bertz CT molecular complexity index is 739. The summed E-state index contributed by atoms with van der Waals surface area (Å²) in [7, 11) is 0. The van der Waals surface area contributed by atoms with E-state index in [0.717, 1.165) is 10.6 Å². The van der Waals surface area contributed by atoms with Crippen molar-refractivity contribution in [3.8, 4) is 0 Å². The van der Waals surface area contributed by atoms with E-state index in [2.05, 4.69) is 16.0 Å². The van der Waals surface area contributed by atoms with Gasteiger partial charge in [0.05, 0.1) is 0 Å². The molecule has 0 aliphatic carbocycles. The molecule has 4 amide bonds. The standard InChI is InChI=1S/C19H26N4O3S/c1-11(2)16-18(25)23-8-7-13(10-15(23)17(24)22-16)21-19(26)20-12-5-4-6-14(9-12)27-3/h4-6,9,11,13,15-16H,7-8,10H2,1-3H3,(H,22,24)(H2,20,21,26)/t13-,15-,16+/m0/s1. The van der Waals surface area contributed by atoms with Gasteiger partial charge in [0.1, 0.15) is 12.1 Å². The van der Waals surface area contributed by atoms with E-state index < -0.39 is 12.1 Å². The number of urea groups is 1. The maximum absolute atomic E-state index is 12.6. The monoisotopic (exact) mass is 390 g/mol. The lowest BCUT2D eigenvalue weighted by atomic mass is 9.90. The Labute approximate surface area is 163 Å². The number of nitrogens with one attached hydrogen (secondary N) is 3. The first-order valence-electron chi connectivity index (χ1n) is 9.21. The van der Waals surface area contributed by atoms with Crippen LogP contribution in [0.5, 0.6) is 0 Å². The molecule has 2 aliphatic heterocycles. The molecule has 0 bridgehead atoms. The number of hydrogen-bond donors (Lipinski definition) is 3. The largest absolute Gasteiger partial charge is 0.342 e. The normalized spacial score (nSPS) is 25.0. The molecule has 27 heavy (non-hydrogen) atoms. The summed E-state index contributed by atoms with van der Waals surface area (Å²) >= 11 is 1.61. The molecule has 8 heteroatoms. The van der Waals surface area contributed by atoms with E-state index in [1.165, 1.54) is 0 Å². The first-order valence-corrected chi connectivity index (χ1v) is 10.4. The molecular formula is C19H26N4O3S. The van der Waals surface area contributed by atoms with Gasteiger partial charge in [-0.25, -0.2) is 4.79 Å². The van der Waals surface area contributed by atoms with Crippen molar-refractivity contribution in [3.63, 3.8) is 0 Å². The first-order chi connectivity index (χ1) is 12.9. The summed E-state index contributed by atoms with van der Waals surface area (Å²) in [5.74, 6) is -0.0969. The molecule has 2 aliphatic rings. The summed E-state index contributed by atoms with van der Waals surface area (Å²) in [5.41, 5.74) is 0.724. The number of piperazine rings is 1. The molecule has 0 aromatic heterocycles. The minimum atomic E-state index is -0.508. The molecule has 2 saturated heterocycles. The van der Waals surface area contributed by atoms with Crippen molar-refractivity contribution in [2.75, 3.05) is 18.1 Å². The van der Waals surface area contributed by atoms with Gasteiger partial charge >= 0.3 is 6.03 Å². The lowest BCUT2D eigenvalue weighted by Gasteiger charge is -2.44. The van der Waals surface area contributed by atoms with Crippen molar-refractivity contribution in [2.45, 2.75) is 49.7 Å². The molecule has 146 valence electrons. The van der Waals surface area contributed by atoms with Crippen LogP contribution in [0.2, 0.25) is 0 Å². The number of fused-ring (bicyclic) bond motifs is 1. The lowest BCUT2D eigenvalue weighted by molar-refractivity contribution is -0.152. The third kappa shape index (κ3) is 4.37. The number of carbonyl (C=O) groups excluding carboxylic acids is 3. The third-order valence-corrected chi connectivity index (χ3v) is 5.81. The molecular weight excluding hydrogens is 364 g/mol. The smallest absolute Gasteiger partial charge is 0.319 e. The Balaban J connectivity index is 1.58. The van der Waals surface area contributed by atoms with Gasteiger partial charge < -0.3 is 20.9 Å². The molecule has 1 aromatic rings. The summed E-state index contributed by atoms with van der Waals surface area (Å²) < 4.78 is 0. The van der Waals surface area contributed by atoms with E-state index in [1.807, 2.05) is 44.4 Å². The predicted molar refractivity (Wildman–Crippen MR) is 106 cm³/mol. The highest BCUT2D eigenvalue weighted by Gasteiger charge is 2.44. The second-order valence-electron chi connectivity index (χ2n) is 7.33.